The number of carbonyl (C=O) groups is 1. The summed E-state index contributed by atoms with van der Waals surface area (Å²) in [6.45, 7) is 3.73. The summed E-state index contributed by atoms with van der Waals surface area (Å²) in [5.41, 5.74) is 3.00. The van der Waals surface area contributed by atoms with Gasteiger partial charge in [-0.05, 0) is 49.8 Å². The van der Waals surface area contributed by atoms with Crippen molar-refractivity contribution in [3.05, 3.63) is 78.5 Å². The van der Waals surface area contributed by atoms with Crippen molar-refractivity contribution >= 4 is 29.1 Å². The van der Waals surface area contributed by atoms with Gasteiger partial charge >= 0.3 is 5.97 Å². The molecule has 1 aromatic heterocycles. The minimum absolute atomic E-state index is 0.214. The molecule has 2 heterocycles. The summed E-state index contributed by atoms with van der Waals surface area (Å²) in [7, 11) is 8.51. The Labute approximate surface area is 224 Å². The fraction of sp³-hybridized carbons (Fsp3) is 0.321. The van der Waals surface area contributed by atoms with Crippen LogP contribution < -0.4 is 34.0 Å². The van der Waals surface area contributed by atoms with Gasteiger partial charge < -0.3 is 23.8 Å². The molecule has 38 heavy (non-hydrogen) atoms. The van der Waals surface area contributed by atoms with Crippen LogP contribution in [0.4, 0.5) is 5.69 Å². The minimum atomic E-state index is -0.684. The highest BCUT2D eigenvalue weighted by atomic mass is 32.1. The van der Waals surface area contributed by atoms with Crippen molar-refractivity contribution in [2.75, 3.05) is 46.9 Å². The number of benzene rings is 2. The Kier molecular flexibility index (Phi) is 7.91. The quantitative estimate of drug-likeness (QED) is 0.408. The number of ether oxygens (including phenoxy) is 4. The van der Waals surface area contributed by atoms with E-state index in [1.54, 1.807) is 43.7 Å². The second-order valence-electron chi connectivity index (χ2n) is 8.71. The summed E-state index contributed by atoms with van der Waals surface area (Å²) in [6.07, 6.45) is 1.74. The van der Waals surface area contributed by atoms with E-state index in [1.807, 2.05) is 43.3 Å². The molecule has 0 radical (unpaired) electrons. The van der Waals surface area contributed by atoms with Gasteiger partial charge in [0.1, 0.15) is 0 Å². The number of rotatable bonds is 8. The van der Waals surface area contributed by atoms with Gasteiger partial charge in [-0.3, -0.25) is 9.36 Å². The monoisotopic (exact) mass is 537 g/mol. The van der Waals surface area contributed by atoms with Gasteiger partial charge in [0.25, 0.3) is 5.56 Å². The van der Waals surface area contributed by atoms with E-state index in [0.29, 0.717) is 43.4 Å². The molecule has 1 aliphatic heterocycles. The third kappa shape index (κ3) is 4.79. The van der Waals surface area contributed by atoms with E-state index in [-0.39, 0.29) is 12.2 Å². The minimum Gasteiger partial charge on any atom is -0.493 e. The average molecular weight is 538 g/mol. The van der Waals surface area contributed by atoms with Crippen LogP contribution in [0.3, 0.4) is 0 Å². The zero-order valence-electron chi connectivity index (χ0n) is 22.5. The molecule has 0 bridgehead atoms. The van der Waals surface area contributed by atoms with Crippen LogP contribution in [0.1, 0.15) is 31.0 Å². The van der Waals surface area contributed by atoms with E-state index < -0.39 is 12.0 Å². The number of carbonyl (C=O) groups excluding carboxylic acids is 1. The number of aromatic nitrogens is 1. The number of esters is 1. The van der Waals surface area contributed by atoms with Crippen LogP contribution in [0.2, 0.25) is 0 Å². The fourth-order valence-corrected chi connectivity index (χ4v) is 5.48. The van der Waals surface area contributed by atoms with Crippen molar-refractivity contribution in [3.63, 3.8) is 0 Å². The molecule has 0 aliphatic carbocycles. The molecule has 0 saturated carbocycles. The molecule has 1 aliphatic rings. The fourth-order valence-electron chi connectivity index (χ4n) is 4.44. The number of nitrogens with zero attached hydrogens (tertiary/aromatic N) is 3. The molecular formula is C28H31N3O6S. The SMILES string of the molecule is CCOC(=O)C1=C(C)N=c2s/c(=C\c3ccc(OC)c(OC)c3OC)c(=O)n2C1c1ccc(N(C)C)cc1. The lowest BCUT2D eigenvalue weighted by molar-refractivity contribution is -0.139. The molecule has 10 heteroatoms. The highest BCUT2D eigenvalue weighted by Crippen LogP contribution is 2.40. The van der Waals surface area contributed by atoms with E-state index in [9.17, 15) is 9.59 Å². The van der Waals surface area contributed by atoms with Crippen LogP contribution >= 0.6 is 11.3 Å². The number of anilines is 1. The predicted octanol–water partition coefficient (Wildman–Crippen LogP) is 2.89. The van der Waals surface area contributed by atoms with Gasteiger partial charge in [0.15, 0.2) is 16.3 Å². The van der Waals surface area contributed by atoms with Crippen LogP contribution in [-0.2, 0) is 9.53 Å². The Morgan fingerprint density at radius 2 is 1.74 bits per heavy atom. The third-order valence-corrected chi connectivity index (χ3v) is 7.25. The van der Waals surface area contributed by atoms with Gasteiger partial charge in [0, 0.05) is 25.3 Å². The second kappa shape index (κ2) is 11.1. The molecule has 9 nitrogen and oxygen atoms in total. The summed E-state index contributed by atoms with van der Waals surface area (Å²) in [5.74, 6) is 0.887. The van der Waals surface area contributed by atoms with E-state index in [2.05, 4.69) is 4.99 Å². The molecule has 4 rings (SSSR count). The highest BCUT2D eigenvalue weighted by Gasteiger charge is 2.33. The molecule has 0 amide bonds. The largest absolute Gasteiger partial charge is 0.493 e. The van der Waals surface area contributed by atoms with Gasteiger partial charge in [-0.25, -0.2) is 9.79 Å². The number of hydrogen-bond donors (Lipinski definition) is 0. The molecule has 3 aromatic rings. The first-order valence-electron chi connectivity index (χ1n) is 12.0. The summed E-state index contributed by atoms with van der Waals surface area (Å²) >= 11 is 1.24. The summed E-state index contributed by atoms with van der Waals surface area (Å²) in [4.78, 5) is 34.1. The third-order valence-electron chi connectivity index (χ3n) is 6.26. The Hall–Kier alpha value is -4.05. The zero-order chi connectivity index (χ0) is 27.6. The summed E-state index contributed by atoms with van der Waals surface area (Å²) < 4.78 is 23.8. The van der Waals surface area contributed by atoms with Crippen molar-refractivity contribution in [1.29, 1.82) is 0 Å². The average Bonchev–Trinajstić information content (AvgIpc) is 3.21. The van der Waals surface area contributed by atoms with E-state index in [1.165, 1.54) is 25.6 Å². The lowest BCUT2D eigenvalue weighted by atomic mass is 9.95. The Morgan fingerprint density at radius 1 is 1.05 bits per heavy atom. The van der Waals surface area contributed by atoms with Gasteiger partial charge in [-0.1, -0.05) is 23.5 Å². The second-order valence-corrected chi connectivity index (χ2v) is 9.72. The van der Waals surface area contributed by atoms with Crippen molar-refractivity contribution in [2.24, 2.45) is 4.99 Å². The van der Waals surface area contributed by atoms with E-state index in [0.717, 1.165) is 11.3 Å². The Morgan fingerprint density at radius 3 is 2.32 bits per heavy atom. The van der Waals surface area contributed by atoms with Gasteiger partial charge in [-0.2, -0.15) is 0 Å². The lowest BCUT2D eigenvalue weighted by Gasteiger charge is -2.25. The molecule has 0 N–H and O–H groups in total. The zero-order valence-corrected chi connectivity index (χ0v) is 23.3. The molecule has 0 spiro atoms. The van der Waals surface area contributed by atoms with Crippen molar-refractivity contribution in [2.45, 2.75) is 19.9 Å². The smallest absolute Gasteiger partial charge is 0.338 e. The molecule has 2 aromatic carbocycles. The molecular weight excluding hydrogens is 506 g/mol. The number of methoxy groups -OCH3 is 3. The standard InChI is InChI=1S/C28H31N3O6S/c1-8-37-27(33)22-16(2)29-28-31(23(22)17-9-12-19(13-10-17)30(3)4)26(32)21(38-28)15-18-11-14-20(34-5)25(36-7)24(18)35-6/h9-15,23H,8H2,1-7H3/b21-15-. The first kappa shape index (κ1) is 27.0. The molecule has 0 saturated heterocycles. The molecule has 1 unspecified atom stereocenters. The van der Waals surface area contributed by atoms with Crippen molar-refractivity contribution in [3.8, 4) is 17.2 Å². The van der Waals surface area contributed by atoms with Crippen LogP contribution in [0.15, 0.2) is 57.5 Å². The number of allylic oxidation sites excluding steroid dienone is 1. The maximum absolute atomic E-state index is 13.9. The first-order valence-corrected chi connectivity index (χ1v) is 12.8. The molecule has 1 atom stereocenters. The number of thiazole rings is 1. The van der Waals surface area contributed by atoms with E-state index >= 15 is 0 Å². The van der Waals surface area contributed by atoms with Gasteiger partial charge in [0.05, 0.1) is 49.8 Å². The van der Waals surface area contributed by atoms with Gasteiger partial charge in [-0.15, -0.1) is 0 Å². The normalized spacial score (nSPS) is 15.0. The Bertz CT molecular complexity index is 1570. The lowest BCUT2D eigenvalue weighted by Crippen LogP contribution is -2.40. The first-order chi connectivity index (χ1) is 18.2. The highest BCUT2D eigenvalue weighted by molar-refractivity contribution is 7.07. The van der Waals surface area contributed by atoms with Crippen molar-refractivity contribution in [1.82, 2.24) is 4.57 Å². The molecule has 200 valence electrons. The molecule has 0 fully saturated rings. The van der Waals surface area contributed by atoms with Crippen LogP contribution in [0.25, 0.3) is 6.08 Å². The van der Waals surface area contributed by atoms with Crippen LogP contribution in [0, 0.1) is 0 Å². The number of fused-ring (bicyclic) bond motifs is 1. The number of hydrogen-bond acceptors (Lipinski definition) is 9. The predicted molar refractivity (Wildman–Crippen MR) is 147 cm³/mol. The van der Waals surface area contributed by atoms with Crippen LogP contribution in [0.5, 0.6) is 17.2 Å². The summed E-state index contributed by atoms with van der Waals surface area (Å²) in [6, 6.07) is 10.6. The maximum Gasteiger partial charge on any atom is 0.338 e. The van der Waals surface area contributed by atoms with Crippen LogP contribution in [-0.4, -0.2) is 52.6 Å². The Balaban J connectivity index is 1.95. The topological polar surface area (TPSA) is 91.6 Å². The van der Waals surface area contributed by atoms with Gasteiger partial charge in [0.2, 0.25) is 5.75 Å². The maximum atomic E-state index is 13.9. The summed E-state index contributed by atoms with van der Waals surface area (Å²) in [5, 5.41) is 0. The van der Waals surface area contributed by atoms with E-state index in [4.69, 9.17) is 18.9 Å². The van der Waals surface area contributed by atoms with Crippen molar-refractivity contribution < 1.29 is 23.7 Å².